The summed E-state index contributed by atoms with van der Waals surface area (Å²) in [7, 11) is 0. The van der Waals surface area contributed by atoms with E-state index in [2.05, 4.69) is 32.3 Å². The molecule has 31 heavy (non-hydrogen) atoms. The Bertz CT molecular complexity index is 1200. The lowest BCUT2D eigenvalue weighted by Gasteiger charge is -2.27. The van der Waals surface area contributed by atoms with E-state index in [1.807, 2.05) is 42.5 Å². The van der Waals surface area contributed by atoms with Gasteiger partial charge in [-0.2, -0.15) is 0 Å². The summed E-state index contributed by atoms with van der Waals surface area (Å²) in [5.74, 6) is 0.702. The number of aryl methyl sites for hydroxylation is 1. The third-order valence-electron chi connectivity index (χ3n) is 5.83. The number of rotatable bonds is 6. The second-order valence-electron chi connectivity index (χ2n) is 8.04. The molecule has 1 aliphatic rings. The quantitative estimate of drug-likeness (QED) is 0.462. The standard InChI is InChI=1S/C25H26N4O2/c30-25(26-15-9-12-18-10-3-1-4-11-18)23-27-21-19-13-5-6-14-20(19)31-22(21)24(28-23)29-16-7-2-8-17-29/h1,3-6,10-11,13-14H,2,7-9,12,15-17H2,(H,26,30). The summed E-state index contributed by atoms with van der Waals surface area (Å²) in [4.78, 5) is 24.4. The molecule has 6 heteroatoms. The van der Waals surface area contributed by atoms with Crippen molar-refractivity contribution in [3.8, 4) is 0 Å². The van der Waals surface area contributed by atoms with Crippen LogP contribution in [0.3, 0.4) is 0 Å². The maximum Gasteiger partial charge on any atom is 0.289 e. The van der Waals surface area contributed by atoms with Crippen molar-refractivity contribution in [3.63, 3.8) is 0 Å². The van der Waals surface area contributed by atoms with E-state index in [-0.39, 0.29) is 11.7 Å². The molecular weight excluding hydrogens is 388 g/mol. The number of aromatic nitrogens is 2. The predicted molar refractivity (Wildman–Crippen MR) is 122 cm³/mol. The van der Waals surface area contributed by atoms with Crippen molar-refractivity contribution in [2.45, 2.75) is 32.1 Å². The van der Waals surface area contributed by atoms with Crippen LogP contribution in [-0.2, 0) is 6.42 Å². The van der Waals surface area contributed by atoms with Crippen molar-refractivity contribution in [2.75, 3.05) is 24.5 Å². The van der Waals surface area contributed by atoms with E-state index in [1.165, 1.54) is 12.0 Å². The second-order valence-corrected chi connectivity index (χ2v) is 8.04. The number of hydrogen-bond acceptors (Lipinski definition) is 5. The van der Waals surface area contributed by atoms with Gasteiger partial charge < -0.3 is 14.6 Å². The highest BCUT2D eigenvalue weighted by Gasteiger charge is 2.23. The molecule has 1 amide bonds. The lowest BCUT2D eigenvalue weighted by molar-refractivity contribution is 0.0943. The van der Waals surface area contributed by atoms with Gasteiger partial charge >= 0.3 is 0 Å². The summed E-state index contributed by atoms with van der Waals surface area (Å²) in [5, 5.41) is 3.90. The molecule has 0 saturated carbocycles. The molecule has 1 fully saturated rings. The van der Waals surface area contributed by atoms with Crippen molar-refractivity contribution in [3.05, 3.63) is 66.0 Å². The zero-order chi connectivity index (χ0) is 21.0. The Morgan fingerprint density at radius 2 is 1.74 bits per heavy atom. The number of hydrogen-bond donors (Lipinski definition) is 1. The Labute approximate surface area is 181 Å². The van der Waals surface area contributed by atoms with E-state index >= 15 is 0 Å². The molecule has 5 rings (SSSR count). The summed E-state index contributed by atoms with van der Waals surface area (Å²) < 4.78 is 6.12. The molecular formula is C25H26N4O2. The number of carbonyl (C=O) groups is 1. The van der Waals surface area contributed by atoms with E-state index in [0.717, 1.165) is 55.6 Å². The number of para-hydroxylation sites is 1. The zero-order valence-electron chi connectivity index (χ0n) is 17.5. The monoisotopic (exact) mass is 414 g/mol. The largest absolute Gasteiger partial charge is 0.450 e. The first-order chi connectivity index (χ1) is 15.3. The predicted octanol–water partition coefficient (Wildman–Crippen LogP) is 4.73. The Morgan fingerprint density at radius 3 is 2.58 bits per heavy atom. The molecule has 158 valence electrons. The molecule has 0 unspecified atom stereocenters. The average Bonchev–Trinajstić information content (AvgIpc) is 3.21. The lowest BCUT2D eigenvalue weighted by Crippen LogP contribution is -2.32. The molecule has 0 spiro atoms. The van der Waals surface area contributed by atoms with Crippen molar-refractivity contribution in [1.29, 1.82) is 0 Å². The number of amides is 1. The van der Waals surface area contributed by atoms with Crippen LogP contribution in [0.2, 0.25) is 0 Å². The van der Waals surface area contributed by atoms with Gasteiger partial charge in [0.15, 0.2) is 11.4 Å². The van der Waals surface area contributed by atoms with Crippen LogP contribution in [0.25, 0.3) is 22.1 Å². The fourth-order valence-electron chi connectivity index (χ4n) is 4.22. The number of carbonyl (C=O) groups excluding carboxylic acids is 1. The summed E-state index contributed by atoms with van der Waals surface area (Å²) in [6.07, 6.45) is 5.25. The maximum absolute atomic E-state index is 12.9. The number of benzene rings is 2. The molecule has 4 aromatic rings. The molecule has 0 bridgehead atoms. The van der Waals surface area contributed by atoms with Gasteiger partial charge in [-0.05, 0) is 49.8 Å². The third-order valence-corrected chi connectivity index (χ3v) is 5.83. The fourth-order valence-corrected chi connectivity index (χ4v) is 4.22. The van der Waals surface area contributed by atoms with Crippen LogP contribution < -0.4 is 10.2 Å². The highest BCUT2D eigenvalue weighted by molar-refractivity contribution is 6.07. The number of piperidine rings is 1. The second kappa shape index (κ2) is 8.76. The van der Waals surface area contributed by atoms with Crippen LogP contribution >= 0.6 is 0 Å². The van der Waals surface area contributed by atoms with Gasteiger partial charge in [0, 0.05) is 25.0 Å². The van der Waals surface area contributed by atoms with E-state index < -0.39 is 0 Å². The van der Waals surface area contributed by atoms with E-state index in [1.54, 1.807) is 0 Å². The summed E-state index contributed by atoms with van der Waals surface area (Å²) in [6.45, 7) is 2.42. The van der Waals surface area contributed by atoms with Gasteiger partial charge in [0.05, 0.1) is 0 Å². The molecule has 1 aliphatic heterocycles. The highest BCUT2D eigenvalue weighted by atomic mass is 16.3. The number of nitrogens with zero attached hydrogens (tertiary/aromatic N) is 3. The van der Waals surface area contributed by atoms with Gasteiger partial charge in [0.25, 0.3) is 5.91 Å². The Balaban J connectivity index is 1.40. The fraction of sp³-hybridized carbons (Fsp3) is 0.320. The van der Waals surface area contributed by atoms with Gasteiger partial charge in [-0.1, -0.05) is 42.5 Å². The lowest BCUT2D eigenvalue weighted by atomic mass is 10.1. The van der Waals surface area contributed by atoms with Crippen LogP contribution in [0.1, 0.15) is 41.9 Å². The van der Waals surface area contributed by atoms with Crippen LogP contribution in [0.5, 0.6) is 0 Å². The Kier molecular flexibility index (Phi) is 5.52. The minimum absolute atomic E-state index is 0.208. The van der Waals surface area contributed by atoms with E-state index in [4.69, 9.17) is 4.42 Å². The maximum atomic E-state index is 12.9. The number of nitrogens with one attached hydrogen (secondary N) is 1. The van der Waals surface area contributed by atoms with Crippen LogP contribution in [0.4, 0.5) is 5.82 Å². The number of fused-ring (bicyclic) bond motifs is 3. The van der Waals surface area contributed by atoms with Crippen molar-refractivity contribution in [1.82, 2.24) is 15.3 Å². The van der Waals surface area contributed by atoms with E-state index in [0.29, 0.717) is 17.6 Å². The van der Waals surface area contributed by atoms with Gasteiger partial charge in [0.1, 0.15) is 11.1 Å². The topological polar surface area (TPSA) is 71.3 Å². The number of furan rings is 1. The summed E-state index contributed by atoms with van der Waals surface area (Å²) in [5.41, 5.74) is 3.42. The Hall–Kier alpha value is -3.41. The first-order valence-electron chi connectivity index (χ1n) is 11.1. The SMILES string of the molecule is O=C(NCCCc1ccccc1)c1nc(N2CCCCC2)c2oc3ccccc3c2n1. The molecule has 0 aliphatic carbocycles. The van der Waals surface area contributed by atoms with Gasteiger partial charge in [-0.15, -0.1) is 0 Å². The smallest absolute Gasteiger partial charge is 0.289 e. The molecule has 0 radical (unpaired) electrons. The van der Waals surface area contributed by atoms with Crippen molar-refractivity contribution < 1.29 is 9.21 Å². The molecule has 1 saturated heterocycles. The van der Waals surface area contributed by atoms with Crippen molar-refractivity contribution >= 4 is 33.8 Å². The molecule has 1 N–H and O–H groups in total. The van der Waals surface area contributed by atoms with Crippen LogP contribution in [0, 0.1) is 0 Å². The number of anilines is 1. The highest BCUT2D eigenvalue weighted by Crippen LogP contribution is 2.33. The summed E-state index contributed by atoms with van der Waals surface area (Å²) >= 11 is 0. The molecule has 6 nitrogen and oxygen atoms in total. The van der Waals surface area contributed by atoms with Crippen LogP contribution in [0.15, 0.2) is 59.0 Å². The average molecular weight is 415 g/mol. The molecule has 0 atom stereocenters. The molecule has 2 aromatic heterocycles. The molecule has 3 heterocycles. The third kappa shape index (κ3) is 4.10. The summed E-state index contributed by atoms with van der Waals surface area (Å²) in [6, 6.07) is 18.1. The van der Waals surface area contributed by atoms with Gasteiger partial charge in [0.2, 0.25) is 5.82 Å². The van der Waals surface area contributed by atoms with Crippen LogP contribution in [-0.4, -0.2) is 35.5 Å². The minimum atomic E-state index is -0.237. The normalized spacial score (nSPS) is 14.3. The van der Waals surface area contributed by atoms with Gasteiger partial charge in [-0.3, -0.25) is 4.79 Å². The first-order valence-corrected chi connectivity index (χ1v) is 11.1. The minimum Gasteiger partial charge on any atom is -0.450 e. The van der Waals surface area contributed by atoms with E-state index in [9.17, 15) is 4.79 Å². The molecule has 2 aromatic carbocycles. The zero-order valence-corrected chi connectivity index (χ0v) is 17.5. The Morgan fingerprint density at radius 1 is 0.968 bits per heavy atom. The van der Waals surface area contributed by atoms with Crippen molar-refractivity contribution in [2.24, 2.45) is 0 Å². The van der Waals surface area contributed by atoms with Gasteiger partial charge in [-0.25, -0.2) is 9.97 Å². The first kappa shape index (κ1) is 19.5.